The Morgan fingerprint density at radius 3 is 1.93 bits per heavy atom. The Morgan fingerprint density at radius 1 is 0.711 bits per heavy atom. The number of amides is 3. The number of carbonyl (C=O) groups is 3. The first-order chi connectivity index (χ1) is 21.9. The van der Waals surface area contributed by atoms with Crippen LogP contribution in [0.15, 0.2) is 150 Å². The zero-order valence-electron chi connectivity index (χ0n) is 25.0. The summed E-state index contributed by atoms with van der Waals surface area (Å²) in [6.45, 7) is 3.84. The van der Waals surface area contributed by atoms with E-state index in [2.05, 4.69) is 10.6 Å². The van der Waals surface area contributed by atoms with Crippen LogP contribution in [0.1, 0.15) is 28.4 Å². The lowest BCUT2D eigenvalue weighted by Gasteiger charge is -2.26. The number of nitrogens with zero attached hydrogens (tertiary/aromatic N) is 1. The summed E-state index contributed by atoms with van der Waals surface area (Å²) in [5.41, 5.74) is 4.47. The Bertz CT molecular complexity index is 1770. The molecule has 0 aromatic heterocycles. The third kappa shape index (κ3) is 8.37. The van der Waals surface area contributed by atoms with Crippen LogP contribution in [0, 0.1) is 6.92 Å². The van der Waals surface area contributed by atoms with E-state index >= 15 is 0 Å². The van der Waals surface area contributed by atoms with Crippen LogP contribution < -0.4 is 15.5 Å². The van der Waals surface area contributed by atoms with Crippen LogP contribution in [-0.2, 0) is 9.59 Å². The number of benzene rings is 5. The Hall–Kier alpha value is -5.40. The topological polar surface area (TPSA) is 78.5 Å². The first kappa shape index (κ1) is 31.0. The van der Waals surface area contributed by atoms with Crippen molar-refractivity contribution >= 4 is 52.6 Å². The molecule has 0 aliphatic rings. The van der Waals surface area contributed by atoms with E-state index in [9.17, 15) is 14.4 Å². The van der Waals surface area contributed by atoms with Crippen molar-refractivity contribution in [1.29, 1.82) is 0 Å². The van der Waals surface area contributed by atoms with E-state index in [-0.39, 0.29) is 17.5 Å². The first-order valence-electron chi connectivity index (χ1n) is 14.5. The number of aryl methyl sites for hydroxylation is 1. The molecule has 5 aromatic carbocycles. The number of hydrogen-bond donors (Lipinski definition) is 2. The largest absolute Gasteiger partial charge is 0.321 e. The highest BCUT2D eigenvalue weighted by Crippen LogP contribution is 2.32. The van der Waals surface area contributed by atoms with Crippen molar-refractivity contribution < 1.29 is 14.4 Å². The fourth-order valence-electron chi connectivity index (χ4n) is 4.71. The molecule has 6 nitrogen and oxygen atoms in total. The first-order valence-corrected chi connectivity index (χ1v) is 15.4. The van der Waals surface area contributed by atoms with Gasteiger partial charge in [-0.2, -0.15) is 0 Å². The van der Waals surface area contributed by atoms with E-state index in [0.29, 0.717) is 11.3 Å². The molecule has 0 spiro atoms. The highest BCUT2D eigenvalue weighted by molar-refractivity contribution is 8.00. The molecule has 5 aromatic rings. The van der Waals surface area contributed by atoms with Crippen molar-refractivity contribution in [3.63, 3.8) is 0 Å². The maximum atomic E-state index is 13.8. The van der Waals surface area contributed by atoms with Crippen LogP contribution in [0.3, 0.4) is 0 Å². The molecule has 0 aliphatic heterocycles. The molecular weight excluding hydrogens is 579 g/mol. The minimum Gasteiger partial charge on any atom is -0.321 e. The average Bonchev–Trinajstić information content (AvgIpc) is 3.06. The lowest BCUT2D eigenvalue weighted by atomic mass is 10.1. The summed E-state index contributed by atoms with van der Waals surface area (Å²) in [7, 11) is 0. The summed E-state index contributed by atoms with van der Waals surface area (Å²) in [5.74, 6) is -0.923. The van der Waals surface area contributed by atoms with E-state index in [1.165, 1.54) is 11.8 Å². The number of rotatable bonds is 10. The normalized spacial score (nSPS) is 11.7. The highest BCUT2D eigenvalue weighted by atomic mass is 32.2. The quantitative estimate of drug-likeness (QED) is 0.123. The van der Waals surface area contributed by atoms with Gasteiger partial charge in [0.1, 0.15) is 5.70 Å². The van der Waals surface area contributed by atoms with Gasteiger partial charge in [0.25, 0.3) is 11.8 Å². The van der Waals surface area contributed by atoms with E-state index in [0.717, 1.165) is 27.4 Å². The summed E-state index contributed by atoms with van der Waals surface area (Å²) in [6, 6.07) is 42.9. The van der Waals surface area contributed by atoms with Crippen molar-refractivity contribution in [2.75, 3.05) is 10.2 Å². The Balaban J connectivity index is 1.34. The maximum Gasteiger partial charge on any atom is 0.272 e. The molecule has 45 heavy (non-hydrogen) atoms. The lowest BCUT2D eigenvalue weighted by molar-refractivity contribution is -0.117. The molecule has 2 N–H and O–H groups in total. The van der Waals surface area contributed by atoms with Crippen LogP contribution in [0.5, 0.6) is 0 Å². The van der Waals surface area contributed by atoms with Gasteiger partial charge in [-0.1, -0.05) is 90.5 Å². The molecule has 0 heterocycles. The van der Waals surface area contributed by atoms with Crippen molar-refractivity contribution in [3.8, 4) is 0 Å². The number of thioether (sulfide) groups is 1. The monoisotopic (exact) mass is 611 g/mol. The molecule has 3 amide bonds. The minimum absolute atomic E-state index is 0.0705. The molecule has 0 fully saturated rings. The van der Waals surface area contributed by atoms with E-state index in [4.69, 9.17) is 0 Å². The van der Waals surface area contributed by atoms with Gasteiger partial charge >= 0.3 is 0 Å². The molecule has 0 saturated heterocycles. The van der Waals surface area contributed by atoms with Gasteiger partial charge in [-0.25, -0.2) is 0 Å². The van der Waals surface area contributed by atoms with Gasteiger partial charge in [0.2, 0.25) is 5.91 Å². The van der Waals surface area contributed by atoms with Gasteiger partial charge in [-0.3, -0.25) is 19.3 Å². The molecular formula is C38H33N3O3S. The second kappa shape index (κ2) is 14.9. The smallest absolute Gasteiger partial charge is 0.272 e. The zero-order chi connectivity index (χ0) is 31.6. The van der Waals surface area contributed by atoms with E-state index < -0.39 is 11.2 Å². The van der Waals surface area contributed by atoms with Crippen molar-refractivity contribution in [1.82, 2.24) is 5.32 Å². The van der Waals surface area contributed by atoms with Crippen LogP contribution in [0.4, 0.5) is 17.1 Å². The summed E-state index contributed by atoms with van der Waals surface area (Å²) in [4.78, 5) is 42.9. The fraction of sp³-hybridized carbons (Fsp3) is 0.0789. The SMILES string of the molecule is Cc1cccc(/C=C(/NC(=O)c2ccccc2)C(=O)Nc2cccc(SC(C)C(=O)N(c3ccccc3)c3ccccc3)c2)c1. The summed E-state index contributed by atoms with van der Waals surface area (Å²) >= 11 is 1.40. The maximum absolute atomic E-state index is 13.8. The Labute approximate surface area is 267 Å². The molecule has 0 radical (unpaired) electrons. The number of carbonyl (C=O) groups excluding carboxylic acids is 3. The standard InChI is InChI=1S/C38H33N3O3S/c1-27-14-12-15-29(24-27)25-35(40-36(42)30-16-6-3-7-17-30)37(43)39-31-18-13-23-34(26-31)45-28(2)38(44)41(32-19-8-4-9-20-32)33-21-10-5-11-22-33/h3-26,28H,1-2H3,(H,39,43)(H,40,42)/b35-25+. The van der Waals surface area contributed by atoms with Crippen molar-refractivity contribution in [3.05, 3.63) is 162 Å². The van der Waals surface area contributed by atoms with Gasteiger partial charge in [0.05, 0.1) is 5.25 Å². The van der Waals surface area contributed by atoms with Crippen molar-refractivity contribution in [2.45, 2.75) is 24.0 Å². The number of hydrogen-bond acceptors (Lipinski definition) is 4. The molecule has 0 saturated carbocycles. The molecule has 0 bridgehead atoms. The van der Waals surface area contributed by atoms with Crippen LogP contribution >= 0.6 is 11.8 Å². The summed E-state index contributed by atoms with van der Waals surface area (Å²) < 4.78 is 0. The van der Waals surface area contributed by atoms with E-state index in [1.54, 1.807) is 41.3 Å². The van der Waals surface area contributed by atoms with Crippen LogP contribution in [0.2, 0.25) is 0 Å². The molecule has 224 valence electrons. The third-order valence-electron chi connectivity index (χ3n) is 6.88. The fourth-order valence-corrected chi connectivity index (χ4v) is 5.68. The molecule has 5 rings (SSSR count). The molecule has 1 atom stereocenters. The van der Waals surface area contributed by atoms with E-state index in [1.807, 2.05) is 123 Å². The number of anilines is 3. The summed E-state index contributed by atoms with van der Waals surface area (Å²) in [5, 5.41) is 5.27. The van der Waals surface area contributed by atoms with Gasteiger partial charge in [0, 0.05) is 27.5 Å². The Morgan fingerprint density at radius 2 is 1.31 bits per heavy atom. The molecule has 7 heteroatoms. The van der Waals surface area contributed by atoms with Gasteiger partial charge in [0.15, 0.2) is 0 Å². The summed E-state index contributed by atoms with van der Waals surface area (Å²) in [6.07, 6.45) is 1.66. The molecule has 1 unspecified atom stereocenters. The predicted molar refractivity (Wildman–Crippen MR) is 183 cm³/mol. The third-order valence-corrected chi connectivity index (χ3v) is 7.96. The van der Waals surface area contributed by atoms with Gasteiger partial charge in [-0.05, 0) is 80.1 Å². The lowest BCUT2D eigenvalue weighted by Crippen LogP contribution is -2.32. The highest BCUT2D eigenvalue weighted by Gasteiger charge is 2.24. The number of nitrogens with one attached hydrogen (secondary N) is 2. The van der Waals surface area contributed by atoms with Crippen molar-refractivity contribution in [2.24, 2.45) is 0 Å². The zero-order valence-corrected chi connectivity index (χ0v) is 25.8. The number of para-hydroxylation sites is 2. The average molecular weight is 612 g/mol. The van der Waals surface area contributed by atoms with Crippen LogP contribution in [-0.4, -0.2) is 23.0 Å². The Kier molecular flexibility index (Phi) is 10.2. The second-order valence-electron chi connectivity index (χ2n) is 10.4. The minimum atomic E-state index is -0.466. The second-order valence-corrected chi connectivity index (χ2v) is 11.8. The van der Waals surface area contributed by atoms with Gasteiger partial charge < -0.3 is 10.6 Å². The predicted octanol–water partition coefficient (Wildman–Crippen LogP) is 8.25. The van der Waals surface area contributed by atoms with Crippen LogP contribution in [0.25, 0.3) is 6.08 Å². The van der Waals surface area contributed by atoms with Gasteiger partial charge in [-0.15, -0.1) is 11.8 Å². The molecule has 0 aliphatic carbocycles.